The highest BCUT2D eigenvalue weighted by Gasteiger charge is 2.36. The van der Waals surface area contributed by atoms with Gasteiger partial charge >= 0.3 is 0 Å². The molecule has 1 aliphatic rings. The summed E-state index contributed by atoms with van der Waals surface area (Å²) in [7, 11) is 1.35. The Balaban J connectivity index is 2.40. The van der Waals surface area contributed by atoms with Gasteiger partial charge in [-0.05, 0) is 0 Å². The number of amides is 4. The summed E-state index contributed by atoms with van der Waals surface area (Å²) in [6.45, 7) is -0.478. The summed E-state index contributed by atoms with van der Waals surface area (Å²) in [5.74, 6) is -1.79. The number of carbonyl (C=O) groups excluding carboxylic acids is 4. The number of nitrogens with zero attached hydrogens (tertiary/aromatic N) is 1. The lowest BCUT2D eigenvalue weighted by molar-refractivity contribution is -0.138. The highest BCUT2D eigenvalue weighted by Crippen LogP contribution is 2.09. The van der Waals surface area contributed by atoms with Gasteiger partial charge in [0.05, 0.1) is 19.5 Å². The van der Waals surface area contributed by atoms with Crippen LogP contribution in [0.5, 0.6) is 0 Å². The van der Waals surface area contributed by atoms with E-state index in [0.717, 1.165) is 4.90 Å². The van der Waals surface area contributed by atoms with E-state index >= 15 is 0 Å². The summed E-state index contributed by atoms with van der Waals surface area (Å²) < 4.78 is 0. The number of nitrogens with one attached hydrogen (secondary N) is 2. The highest BCUT2D eigenvalue weighted by molar-refractivity contribution is 6.06. The maximum absolute atomic E-state index is 11.4. The van der Waals surface area contributed by atoms with Gasteiger partial charge in [0.15, 0.2) is 0 Å². The molecule has 94 valence electrons. The zero-order valence-corrected chi connectivity index (χ0v) is 9.36. The first-order chi connectivity index (χ1) is 7.95. The van der Waals surface area contributed by atoms with Gasteiger partial charge in [-0.1, -0.05) is 0 Å². The van der Waals surface area contributed by atoms with Crippen LogP contribution in [0.3, 0.4) is 0 Å². The summed E-state index contributed by atoms with van der Waals surface area (Å²) in [6, 6.07) is -0.838. The van der Waals surface area contributed by atoms with Crippen LogP contribution in [0.15, 0.2) is 0 Å². The molecule has 0 saturated carbocycles. The molecular weight excluding hydrogens is 228 g/mol. The molecule has 17 heavy (non-hydrogen) atoms. The number of imide groups is 1. The Kier molecular flexibility index (Phi) is 4.16. The number of likely N-dealkylation sites (tertiary alicyclic amines) is 1. The maximum Gasteiger partial charge on any atom is 0.252 e. The van der Waals surface area contributed by atoms with E-state index in [-0.39, 0.29) is 25.4 Å². The van der Waals surface area contributed by atoms with Crippen molar-refractivity contribution in [3.63, 3.8) is 0 Å². The van der Waals surface area contributed by atoms with E-state index in [1.54, 1.807) is 0 Å². The van der Waals surface area contributed by atoms with Crippen LogP contribution in [0.4, 0.5) is 0 Å². The third-order valence-corrected chi connectivity index (χ3v) is 2.35. The first-order valence-corrected chi connectivity index (χ1v) is 5.02. The van der Waals surface area contributed by atoms with E-state index < -0.39 is 23.8 Å². The lowest BCUT2D eigenvalue weighted by atomic mass is 10.2. The van der Waals surface area contributed by atoms with E-state index in [0.29, 0.717) is 0 Å². The van der Waals surface area contributed by atoms with Crippen molar-refractivity contribution in [3.8, 4) is 0 Å². The second kappa shape index (κ2) is 5.39. The molecule has 0 aromatic heterocycles. The first kappa shape index (κ1) is 13.1. The van der Waals surface area contributed by atoms with Crippen molar-refractivity contribution in [1.29, 1.82) is 0 Å². The summed E-state index contributed by atoms with van der Waals surface area (Å²) in [5.41, 5.74) is 5.03. The molecular formula is C9H14N4O4. The summed E-state index contributed by atoms with van der Waals surface area (Å²) in [5, 5.41) is 4.62. The van der Waals surface area contributed by atoms with Crippen molar-refractivity contribution in [2.75, 3.05) is 20.1 Å². The molecule has 0 radical (unpaired) electrons. The maximum atomic E-state index is 11.4. The molecule has 1 fully saturated rings. The Labute approximate surface area is 97.5 Å². The molecule has 1 unspecified atom stereocenters. The van der Waals surface area contributed by atoms with E-state index in [4.69, 9.17) is 5.73 Å². The molecule has 0 aromatic carbocycles. The number of rotatable bonds is 4. The van der Waals surface area contributed by atoms with Gasteiger partial charge in [0.25, 0.3) is 5.91 Å². The number of carbonyl (C=O) groups is 4. The van der Waals surface area contributed by atoms with Crippen molar-refractivity contribution in [1.82, 2.24) is 15.5 Å². The molecule has 4 amide bonds. The van der Waals surface area contributed by atoms with E-state index in [1.807, 2.05) is 0 Å². The predicted octanol–water partition coefficient (Wildman–Crippen LogP) is -3.07. The molecule has 0 bridgehead atoms. The molecule has 1 heterocycles. The van der Waals surface area contributed by atoms with Gasteiger partial charge in [-0.25, -0.2) is 0 Å². The molecule has 1 atom stereocenters. The summed E-state index contributed by atoms with van der Waals surface area (Å²) in [4.78, 5) is 45.7. The zero-order chi connectivity index (χ0) is 13.0. The third-order valence-electron chi connectivity index (χ3n) is 2.35. The van der Waals surface area contributed by atoms with Crippen LogP contribution < -0.4 is 16.4 Å². The number of likely N-dealkylation sites (N-methyl/N-ethyl adjacent to an activating group) is 1. The monoisotopic (exact) mass is 242 g/mol. The lowest BCUT2D eigenvalue weighted by Crippen LogP contribution is -2.46. The molecule has 8 heteroatoms. The second-order valence-electron chi connectivity index (χ2n) is 3.60. The van der Waals surface area contributed by atoms with Gasteiger partial charge in [-0.2, -0.15) is 0 Å². The minimum Gasteiger partial charge on any atom is -0.346 e. The van der Waals surface area contributed by atoms with Gasteiger partial charge in [-0.3, -0.25) is 24.1 Å². The molecule has 0 spiro atoms. The predicted molar refractivity (Wildman–Crippen MR) is 56.4 cm³/mol. The minimum absolute atomic E-state index is 0.0497. The molecule has 4 N–H and O–H groups in total. The summed E-state index contributed by atoms with van der Waals surface area (Å²) >= 11 is 0. The lowest BCUT2D eigenvalue weighted by Gasteiger charge is -2.11. The smallest absolute Gasteiger partial charge is 0.252 e. The summed E-state index contributed by atoms with van der Waals surface area (Å²) in [6.07, 6.45) is -0.0497. The van der Waals surface area contributed by atoms with Crippen molar-refractivity contribution in [3.05, 3.63) is 0 Å². The minimum atomic E-state index is -0.838. The Morgan fingerprint density at radius 2 is 2.06 bits per heavy atom. The van der Waals surface area contributed by atoms with Crippen molar-refractivity contribution in [2.45, 2.75) is 12.5 Å². The van der Waals surface area contributed by atoms with Gasteiger partial charge < -0.3 is 16.4 Å². The van der Waals surface area contributed by atoms with Crippen LogP contribution in [-0.2, 0) is 19.2 Å². The van der Waals surface area contributed by atoms with Crippen LogP contribution in [0.25, 0.3) is 0 Å². The van der Waals surface area contributed by atoms with Crippen molar-refractivity contribution < 1.29 is 19.2 Å². The number of hydrogen-bond acceptors (Lipinski definition) is 5. The van der Waals surface area contributed by atoms with Crippen LogP contribution in [0.1, 0.15) is 6.42 Å². The van der Waals surface area contributed by atoms with Gasteiger partial charge in [-0.15, -0.1) is 0 Å². The molecule has 0 aliphatic carbocycles. The largest absolute Gasteiger partial charge is 0.346 e. The van der Waals surface area contributed by atoms with Crippen molar-refractivity contribution >= 4 is 23.6 Å². The number of nitrogens with two attached hydrogens (primary N) is 1. The fourth-order valence-electron chi connectivity index (χ4n) is 1.36. The van der Waals surface area contributed by atoms with E-state index in [2.05, 4.69) is 10.6 Å². The van der Waals surface area contributed by atoms with Crippen molar-refractivity contribution in [2.24, 2.45) is 5.73 Å². The fourth-order valence-corrected chi connectivity index (χ4v) is 1.36. The average molecular weight is 242 g/mol. The van der Waals surface area contributed by atoms with Crippen LogP contribution in [0.2, 0.25) is 0 Å². The first-order valence-electron chi connectivity index (χ1n) is 5.02. The third kappa shape index (κ3) is 3.25. The van der Waals surface area contributed by atoms with E-state index in [9.17, 15) is 19.2 Å². The van der Waals surface area contributed by atoms with Gasteiger partial charge in [0, 0.05) is 7.05 Å². The standard InChI is InChI=1S/C9H14N4O4/c1-13-8(16)2-5(9(13)17)12-7(15)4-11-6(14)3-10/h5H,2-4,10H2,1H3,(H,11,14)(H,12,15). The zero-order valence-electron chi connectivity index (χ0n) is 9.36. The fraction of sp³-hybridized carbons (Fsp3) is 0.556. The van der Waals surface area contributed by atoms with Crippen LogP contribution in [0, 0.1) is 0 Å². The Morgan fingerprint density at radius 1 is 1.41 bits per heavy atom. The normalized spacial score (nSPS) is 19.4. The topological polar surface area (TPSA) is 122 Å². The second-order valence-corrected chi connectivity index (χ2v) is 3.60. The Morgan fingerprint density at radius 3 is 2.53 bits per heavy atom. The Bertz CT molecular complexity index is 368. The Hall–Kier alpha value is -1.96. The molecule has 0 aromatic rings. The molecule has 1 saturated heterocycles. The molecule has 1 aliphatic heterocycles. The van der Waals surface area contributed by atoms with Crippen LogP contribution in [-0.4, -0.2) is 54.7 Å². The quantitative estimate of drug-likeness (QED) is 0.452. The highest BCUT2D eigenvalue weighted by atomic mass is 16.2. The van der Waals surface area contributed by atoms with Crippen LogP contribution >= 0.6 is 0 Å². The average Bonchev–Trinajstić information content (AvgIpc) is 2.54. The molecule has 8 nitrogen and oxygen atoms in total. The SMILES string of the molecule is CN1C(=O)CC(NC(=O)CNC(=O)CN)C1=O. The molecule has 1 rings (SSSR count). The van der Waals surface area contributed by atoms with Gasteiger partial charge in [0.1, 0.15) is 6.04 Å². The van der Waals surface area contributed by atoms with Gasteiger partial charge in [0.2, 0.25) is 17.7 Å². The van der Waals surface area contributed by atoms with E-state index in [1.165, 1.54) is 7.05 Å². The number of hydrogen-bond donors (Lipinski definition) is 3.